The van der Waals surface area contributed by atoms with Crippen LogP contribution < -0.4 is 9.47 Å². The fraction of sp³-hybridized carbons (Fsp3) is 0.250. The predicted molar refractivity (Wildman–Crippen MR) is 74.4 cm³/mol. The van der Waals surface area contributed by atoms with Crippen LogP contribution in [0.5, 0.6) is 11.5 Å². The second-order valence-electron chi connectivity index (χ2n) is 4.47. The largest absolute Gasteiger partial charge is 0.496 e. The second-order valence-corrected chi connectivity index (χ2v) is 4.47. The molecule has 0 unspecified atom stereocenters. The number of halogens is 1. The average Bonchev–Trinajstić information content (AvgIpc) is 2.46. The van der Waals surface area contributed by atoms with Gasteiger partial charge in [0.2, 0.25) is 0 Å². The van der Waals surface area contributed by atoms with Crippen LogP contribution in [-0.4, -0.2) is 12.2 Å². The first-order valence-electron chi connectivity index (χ1n) is 6.34. The summed E-state index contributed by atoms with van der Waals surface area (Å²) < 4.78 is 24.5. The van der Waals surface area contributed by atoms with Gasteiger partial charge in [0.25, 0.3) is 0 Å². The summed E-state index contributed by atoms with van der Waals surface area (Å²) in [7, 11) is 1.58. The number of benzene rings is 2. The molecule has 20 heavy (non-hydrogen) atoms. The molecule has 106 valence electrons. The van der Waals surface area contributed by atoms with Gasteiger partial charge in [-0.25, -0.2) is 4.39 Å². The van der Waals surface area contributed by atoms with E-state index in [1.807, 2.05) is 24.3 Å². The molecule has 0 saturated carbocycles. The maximum absolute atomic E-state index is 13.8. The van der Waals surface area contributed by atoms with Crippen LogP contribution in [0.25, 0.3) is 0 Å². The highest BCUT2D eigenvalue weighted by Gasteiger charge is 2.09. The molecule has 0 fully saturated rings. The van der Waals surface area contributed by atoms with E-state index in [1.165, 1.54) is 12.1 Å². The minimum Gasteiger partial charge on any atom is -0.496 e. The molecule has 0 aliphatic carbocycles. The van der Waals surface area contributed by atoms with Crippen molar-refractivity contribution in [2.75, 3.05) is 7.11 Å². The van der Waals surface area contributed by atoms with Gasteiger partial charge in [0.1, 0.15) is 12.4 Å². The molecule has 0 amide bonds. The molecule has 1 N–H and O–H groups in total. The third-order valence-electron chi connectivity index (χ3n) is 3.01. The van der Waals surface area contributed by atoms with Crippen LogP contribution in [0.4, 0.5) is 4.39 Å². The van der Waals surface area contributed by atoms with Crippen LogP contribution >= 0.6 is 0 Å². The Kier molecular flexibility index (Phi) is 4.58. The summed E-state index contributed by atoms with van der Waals surface area (Å²) in [6.45, 7) is 1.80. The Bertz CT molecular complexity index is 582. The standard InChI is InChI=1S/C16H17FO3/c1-11(18)12-7-8-16(14(17)9-12)20-10-13-5-3-4-6-15(13)19-2/h3-9,11,18H,10H2,1-2H3/t11-/m1/s1. The Morgan fingerprint density at radius 3 is 2.55 bits per heavy atom. The molecule has 2 aromatic carbocycles. The van der Waals surface area contributed by atoms with Gasteiger partial charge in [0, 0.05) is 5.56 Å². The van der Waals surface area contributed by atoms with Crippen molar-refractivity contribution in [3.05, 3.63) is 59.4 Å². The van der Waals surface area contributed by atoms with Gasteiger partial charge in [-0.3, -0.25) is 0 Å². The van der Waals surface area contributed by atoms with E-state index in [-0.39, 0.29) is 12.4 Å². The Morgan fingerprint density at radius 2 is 1.90 bits per heavy atom. The van der Waals surface area contributed by atoms with E-state index in [2.05, 4.69) is 0 Å². The van der Waals surface area contributed by atoms with Gasteiger partial charge < -0.3 is 14.6 Å². The van der Waals surface area contributed by atoms with E-state index in [0.717, 1.165) is 5.56 Å². The summed E-state index contributed by atoms with van der Waals surface area (Å²) in [6.07, 6.45) is -0.701. The number of aliphatic hydroxyl groups excluding tert-OH is 1. The SMILES string of the molecule is COc1ccccc1COc1ccc([C@@H](C)O)cc1F. The molecule has 2 aromatic rings. The smallest absolute Gasteiger partial charge is 0.165 e. The van der Waals surface area contributed by atoms with Crippen molar-refractivity contribution in [3.8, 4) is 11.5 Å². The van der Waals surface area contributed by atoms with Crippen LogP contribution in [0, 0.1) is 5.82 Å². The van der Waals surface area contributed by atoms with Crippen molar-refractivity contribution >= 4 is 0 Å². The maximum atomic E-state index is 13.8. The number of aliphatic hydroxyl groups is 1. The summed E-state index contributed by atoms with van der Waals surface area (Å²) >= 11 is 0. The lowest BCUT2D eigenvalue weighted by atomic mass is 10.1. The third kappa shape index (κ3) is 3.27. The zero-order chi connectivity index (χ0) is 14.5. The van der Waals surface area contributed by atoms with Crippen molar-refractivity contribution in [1.29, 1.82) is 0 Å². The Labute approximate surface area is 117 Å². The molecular weight excluding hydrogens is 259 g/mol. The number of ether oxygens (including phenoxy) is 2. The Balaban J connectivity index is 2.11. The summed E-state index contributed by atoms with van der Waals surface area (Å²) in [5, 5.41) is 9.39. The van der Waals surface area contributed by atoms with Crippen molar-refractivity contribution in [2.45, 2.75) is 19.6 Å². The Hall–Kier alpha value is -2.07. The van der Waals surface area contributed by atoms with E-state index in [0.29, 0.717) is 11.3 Å². The molecule has 1 atom stereocenters. The Morgan fingerprint density at radius 1 is 1.15 bits per heavy atom. The molecule has 0 bridgehead atoms. The number of methoxy groups -OCH3 is 1. The van der Waals surface area contributed by atoms with Gasteiger partial charge in [-0.15, -0.1) is 0 Å². The average molecular weight is 276 g/mol. The van der Waals surface area contributed by atoms with Gasteiger partial charge in [0.15, 0.2) is 11.6 Å². The van der Waals surface area contributed by atoms with Crippen molar-refractivity contribution in [1.82, 2.24) is 0 Å². The van der Waals surface area contributed by atoms with Crippen LogP contribution in [0.15, 0.2) is 42.5 Å². The number of hydrogen-bond donors (Lipinski definition) is 1. The fourth-order valence-electron chi connectivity index (χ4n) is 1.87. The molecule has 0 radical (unpaired) electrons. The highest BCUT2D eigenvalue weighted by atomic mass is 19.1. The third-order valence-corrected chi connectivity index (χ3v) is 3.01. The van der Waals surface area contributed by atoms with Crippen LogP contribution in [0.2, 0.25) is 0 Å². The minimum atomic E-state index is -0.701. The molecule has 0 saturated heterocycles. The number of rotatable bonds is 5. The predicted octanol–water partition coefficient (Wildman–Crippen LogP) is 3.47. The summed E-state index contributed by atoms with van der Waals surface area (Å²) in [4.78, 5) is 0. The second kappa shape index (κ2) is 6.39. The van der Waals surface area contributed by atoms with Crippen molar-refractivity contribution in [3.63, 3.8) is 0 Å². The molecule has 2 rings (SSSR count). The zero-order valence-electron chi connectivity index (χ0n) is 11.5. The van der Waals surface area contributed by atoms with Crippen molar-refractivity contribution in [2.24, 2.45) is 0 Å². The molecule has 0 aromatic heterocycles. The monoisotopic (exact) mass is 276 g/mol. The molecule has 3 nitrogen and oxygen atoms in total. The van der Waals surface area contributed by atoms with Gasteiger partial charge >= 0.3 is 0 Å². The normalized spacial score (nSPS) is 12.0. The fourth-order valence-corrected chi connectivity index (χ4v) is 1.87. The first-order valence-corrected chi connectivity index (χ1v) is 6.34. The minimum absolute atomic E-state index is 0.153. The van der Waals surface area contributed by atoms with E-state index in [4.69, 9.17) is 9.47 Å². The lowest BCUT2D eigenvalue weighted by Gasteiger charge is -2.12. The maximum Gasteiger partial charge on any atom is 0.165 e. The van der Waals surface area contributed by atoms with Crippen LogP contribution in [0.3, 0.4) is 0 Å². The molecule has 0 heterocycles. The van der Waals surface area contributed by atoms with Crippen LogP contribution in [-0.2, 0) is 6.61 Å². The summed E-state index contributed by atoms with van der Waals surface area (Å²) in [5.41, 5.74) is 1.36. The molecule has 0 aliphatic rings. The lowest BCUT2D eigenvalue weighted by molar-refractivity contribution is 0.198. The number of para-hydroxylation sites is 1. The first kappa shape index (κ1) is 14.3. The van der Waals surface area contributed by atoms with Gasteiger partial charge in [-0.1, -0.05) is 24.3 Å². The molecule has 4 heteroatoms. The van der Waals surface area contributed by atoms with E-state index in [9.17, 15) is 9.50 Å². The molecule has 0 aliphatic heterocycles. The van der Waals surface area contributed by atoms with Gasteiger partial charge in [0.05, 0.1) is 13.2 Å². The van der Waals surface area contributed by atoms with E-state index < -0.39 is 11.9 Å². The molecule has 0 spiro atoms. The zero-order valence-corrected chi connectivity index (χ0v) is 11.5. The summed E-state index contributed by atoms with van der Waals surface area (Å²) in [5.74, 6) is 0.368. The molecular formula is C16H17FO3. The van der Waals surface area contributed by atoms with Gasteiger partial charge in [-0.2, -0.15) is 0 Å². The highest BCUT2D eigenvalue weighted by molar-refractivity contribution is 5.34. The van der Waals surface area contributed by atoms with E-state index in [1.54, 1.807) is 20.1 Å². The van der Waals surface area contributed by atoms with Crippen molar-refractivity contribution < 1.29 is 19.0 Å². The van der Waals surface area contributed by atoms with Gasteiger partial charge in [-0.05, 0) is 30.7 Å². The first-order chi connectivity index (χ1) is 9.61. The lowest BCUT2D eigenvalue weighted by Crippen LogP contribution is -2.01. The van der Waals surface area contributed by atoms with Crippen LogP contribution in [0.1, 0.15) is 24.2 Å². The topological polar surface area (TPSA) is 38.7 Å². The highest BCUT2D eigenvalue weighted by Crippen LogP contribution is 2.24. The quantitative estimate of drug-likeness (QED) is 0.908. The number of hydrogen-bond acceptors (Lipinski definition) is 3. The summed E-state index contributed by atoms with van der Waals surface area (Å²) in [6, 6.07) is 11.9. The van der Waals surface area contributed by atoms with E-state index >= 15 is 0 Å².